The van der Waals surface area contributed by atoms with E-state index in [9.17, 15) is 0 Å². The van der Waals surface area contributed by atoms with Crippen molar-refractivity contribution in [3.63, 3.8) is 0 Å². The zero-order valence-electron chi connectivity index (χ0n) is 29.7. The first kappa shape index (κ1) is 30.9. The Morgan fingerprint density at radius 3 is 1.36 bits per heavy atom. The van der Waals surface area contributed by atoms with Crippen molar-refractivity contribution in [2.24, 2.45) is 0 Å². The number of fused-ring (bicyclic) bond motifs is 7. The zero-order chi connectivity index (χ0) is 35.5. The van der Waals surface area contributed by atoms with Crippen LogP contribution in [0.5, 0.6) is 0 Å². The van der Waals surface area contributed by atoms with Gasteiger partial charge >= 0.3 is 0 Å². The lowest BCUT2D eigenvalue weighted by Gasteiger charge is -2.26. The molecule has 3 heteroatoms. The highest BCUT2D eigenvalue weighted by molar-refractivity contribution is 6.28. The molecule has 0 fully saturated rings. The molecular weight excluding hydrogens is 643 g/mol. The van der Waals surface area contributed by atoms with Crippen molar-refractivity contribution in [1.82, 2.24) is 9.13 Å². The fourth-order valence-corrected chi connectivity index (χ4v) is 8.14. The predicted octanol–water partition coefficient (Wildman–Crippen LogP) is 13.6. The van der Waals surface area contributed by atoms with E-state index in [4.69, 9.17) is 0 Å². The van der Waals surface area contributed by atoms with Gasteiger partial charge in [0.05, 0.1) is 22.1 Å². The third-order valence-corrected chi connectivity index (χ3v) is 10.6. The van der Waals surface area contributed by atoms with Gasteiger partial charge in [-0.25, -0.2) is 0 Å². The van der Waals surface area contributed by atoms with Crippen molar-refractivity contribution in [1.29, 1.82) is 0 Å². The maximum atomic E-state index is 2.47. The van der Waals surface area contributed by atoms with Crippen molar-refractivity contribution in [3.8, 4) is 22.5 Å². The molecule has 2 heterocycles. The molecule has 252 valence electrons. The molecule has 10 aromatic rings. The number of rotatable bonds is 6. The molecule has 53 heavy (non-hydrogen) atoms. The topological polar surface area (TPSA) is 13.1 Å². The zero-order valence-corrected chi connectivity index (χ0v) is 29.7. The predicted molar refractivity (Wildman–Crippen MR) is 225 cm³/mol. The second kappa shape index (κ2) is 12.4. The third kappa shape index (κ3) is 5.04. The van der Waals surface area contributed by atoms with Crippen LogP contribution in [0.25, 0.3) is 66.1 Å². The lowest BCUT2D eigenvalue weighted by atomic mass is 9.96. The van der Waals surface area contributed by atoms with Gasteiger partial charge in [-0.1, -0.05) is 120 Å². The van der Waals surface area contributed by atoms with Crippen LogP contribution in [0.2, 0.25) is 0 Å². The van der Waals surface area contributed by atoms with Gasteiger partial charge in [-0.05, 0) is 104 Å². The van der Waals surface area contributed by atoms with E-state index in [-0.39, 0.29) is 0 Å². The molecule has 0 amide bonds. The Bertz CT molecular complexity index is 2870. The lowest BCUT2D eigenvalue weighted by Crippen LogP contribution is -2.09. The standard InChI is InChI=1S/C50H37N3/c1-34-21-27-39(28-22-34)51(40-29-23-35(2)24-30-40)41-31-25-36(26-32-41)44-33-45-42-17-9-11-19-46(42)52(37-13-5-3-6-14-37)49(45)50-48(44)43-18-10-12-20-47(43)53(50)38-15-7-4-8-16-38/h3-33H,1-2H3. The summed E-state index contributed by atoms with van der Waals surface area (Å²) in [5.41, 5.74) is 15.4. The van der Waals surface area contributed by atoms with Gasteiger partial charge in [0, 0.05) is 50.0 Å². The lowest BCUT2D eigenvalue weighted by molar-refractivity contribution is 1.15. The molecule has 0 saturated carbocycles. The van der Waals surface area contributed by atoms with Crippen LogP contribution in [0, 0.1) is 13.8 Å². The minimum Gasteiger partial charge on any atom is -0.311 e. The van der Waals surface area contributed by atoms with Gasteiger partial charge in [0.2, 0.25) is 0 Å². The Morgan fingerprint density at radius 2 is 0.811 bits per heavy atom. The molecule has 0 aliphatic carbocycles. The van der Waals surface area contributed by atoms with Gasteiger partial charge in [-0.2, -0.15) is 0 Å². The highest BCUT2D eigenvalue weighted by atomic mass is 15.1. The number of hydrogen-bond donors (Lipinski definition) is 0. The minimum absolute atomic E-state index is 1.12. The van der Waals surface area contributed by atoms with E-state index >= 15 is 0 Å². The summed E-state index contributed by atoms with van der Waals surface area (Å²) in [7, 11) is 0. The maximum absolute atomic E-state index is 2.47. The fourth-order valence-electron chi connectivity index (χ4n) is 8.14. The summed E-state index contributed by atoms with van der Waals surface area (Å²) in [5.74, 6) is 0. The maximum Gasteiger partial charge on any atom is 0.0795 e. The van der Waals surface area contributed by atoms with E-state index in [0.717, 1.165) is 28.4 Å². The molecular formula is C50H37N3. The Kier molecular flexibility index (Phi) is 7.26. The molecule has 0 unspecified atom stereocenters. The van der Waals surface area contributed by atoms with E-state index in [1.807, 2.05) is 0 Å². The third-order valence-electron chi connectivity index (χ3n) is 10.6. The molecule has 8 aromatic carbocycles. The fraction of sp³-hybridized carbons (Fsp3) is 0.0400. The first-order valence-corrected chi connectivity index (χ1v) is 18.3. The number of hydrogen-bond acceptors (Lipinski definition) is 1. The number of aryl methyl sites for hydroxylation is 2. The van der Waals surface area contributed by atoms with Crippen LogP contribution in [-0.2, 0) is 0 Å². The quantitative estimate of drug-likeness (QED) is 0.170. The van der Waals surface area contributed by atoms with Crippen molar-refractivity contribution < 1.29 is 0 Å². The average molecular weight is 680 g/mol. The van der Waals surface area contributed by atoms with Gasteiger partial charge in [0.1, 0.15) is 0 Å². The summed E-state index contributed by atoms with van der Waals surface area (Å²) in [6.45, 7) is 4.27. The number of aromatic nitrogens is 2. The van der Waals surface area contributed by atoms with Crippen LogP contribution in [-0.4, -0.2) is 9.13 Å². The molecule has 0 atom stereocenters. The van der Waals surface area contributed by atoms with E-state index in [2.05, 4.69) is 216 Å². The molecule has 10 rings (SSSR count). The number of benzene rings is 8. The molecule has 0 aliphatic rings. The largest absolute Gasteiger partial charge is 0.311 e. The Hall–Kier alpha value is -6.84. The highest BCUT2D eigenvalue weighted by Gasteiger charge is 2.24. The van der Waals surface area contributed by atoms with Gasteiger partial charge in [-0.15, -0.1) is 0 Å². The van der Waals surface area contributed by atoms with Gasteiger partial charge in [0.25, 0.3) is 0 Å². The van der Waals surface area contributed by atoms with Crippen molar-refractivity contribution in [2.75, 3.05) is 4.90 Å². The second-order valence-electron chi connectivity index (χ2n) is 14.0. The van der Waals surface area contributed by atoms with Crippen LogP contribution in [0.3, 0.4) is 0 Å². The molecule has 0 saturated heterocycles. The number of nitrogens with zero attached hydrogens (tertiary/aromatic N) is 3. The molecule has 0 aliphatic heterocycles. The summed E-state index contributed by atoms with van der Waals surface area (Å²) in [6.07, 6.45) is 0. The van der Waals surface area contributed by atoms with Gasteiger partial charge in [0.15, 0.2) is 0 Å². The Morgan fingerprint density at radius 1 is 0.377 bits per heavy atom. The molecule has 3 nitrogen and oxygen atoms in total. The first-order valence-electron chi connectivity index (χ1n) is 18.3. The summed E-state index contributed by atoms with van der Waals surface area (Å²) in [5, 5.41) is 4.95. The summed E-state index contributed by atoms with van der Waals surface area (Å²) < 4.78 is 4.93. The number of para-hydroxylation sites is 4. The van der Waals surface area contributed by atoms with Crippen molar-refractivity contribution >= 4 is 60.7 Å². The van der Waals surface area contributed by atoms with Crippen molar-refractivity contribution in [2.45, 2.75) is 13.8 Å². The van der Waals surface area contributed by atoms with Crippen LogP contribution in [0.1, 0.15) is 11.1 Å². The van der Waals surface area contributed by atoms with Gasteiger partial charge < -0.3 is 14.0 Å². The van der Waals surface area contributed by atoms with E-state index < -0.39 is 0 Å². The number of anilines is 3. The Labute approximate surface area is 309 Å². The molecule has 2 aromatic heterocycles. The smallest absolute Gasteiger partial charge is 0.0795 e. The summed E-state index contributed by atoms with van der Waals surface area (Å²) >= 11 is 0. The highest BCUT2D eigenvalue weighted by Crippen LogP contribution is 2.47. The first-order chi connectivity index (χ1) is 26.1. The van der Waals surface area contributed by atoms with Crippen LogP contribution in [0.4, 0.5) is 17.1 Å². The monoisotopic (exact) mass is 679 g/mol. The molecule has 0 N–H and O–H groups in total. The van der Waals surface area contributed by atoms with Crippen LogP contribution >= 0.6 is 0 Å². The minimum atomic E-state index is 1.12. The normalized spacial score (nSPS) is 11.6. The van der Waals surface area contributed by atoms with E-state index in [0.29, 0.717) is 0 Å². The van der Waals surface area contributed by atoms with E-state index in [1.165, 1.54) is 65.9 Å². The molecule has 0 bridgehead atoms. The Balaban J connectivity index is 1.29. The van der Waals surface area contributed by atoms with Gasteiger partial charge in [-0.3, -0.25) is 0 Å². The van der Waals surface area contributed by atoms with Crippen molar-refractivity contribution in [3.05, 3.63) is 199 Å². The summed E-state index contributed by atoms with van der Waals surface area (Å²) in [6, 6.07) is 68.5. The van der Waals surface area contributed by atoms with Crippen LogP contribution in [0.15, 0.2) is 188 Å². The average Bonchev–Trinajstić information content (AvgIpc) is 3.73. The summed E-state index contributed by atoms with van der Waals surface area (Å²) in [4.78, 5) is 2.34. The SMILES string of the molecule is Cc1ccc(N(c2ccc(C)cc2)c2ccc(-c3cc4c5ccccc5n(-c5ccccc5)c4c4c3c3ccccc3n4-c3ccccc3)cc2)cc1. The van der Waals surface area contributed by atoms with E-state index in [1.54, 1.807) is 0 Å². The second-order valence-corrected chi connectivity index (χ2v) is 14.0. The molecule has 0 radical (unpaired) electrons. The molecule has 0 spiro atoms. The van der Waals surface area contributed by atoms with Crippen LogP contribution < -0.4 is 4.90 Å².